The first kappa shape index (κ1) is 66.7. The molecule has 1 saturated carbocycles. The molecule has 10 N–H and O–H groups in total. The summed E-state index contributed by atoms with van der Waals surface area (Å²) in [4.78, 5) is 84.6. The molecule has 0 spiro atoms. The van der Waals surface area contributed by atoms with Crippen LogP contribution in [0.3, 0.4) is 0 Å². The Morgan fingerprint density at radius 3 is 1.17 bits per heavy atom. The van der Waals surface area contributed by atoms with E-state index in [0.29, 0.717) is 12.8 Å². The number of carbonyl (C=O) groups is 2. The summed E-state index contributed by atoms with van der Waals surface area (Å²) in [6.07, 6.45) is 12.7. The van der Waals surface area contributed by atoms with Crippen molar-refractivity contribution in [2.45, 2.75) is 243 Å². The van der Waals surface area contributed by atoms with Crippen molar-refractivity contribution in [2.24, 2.45) is 11.7 Å². The standard InChI is InChI=1S/C44H89NO20P4/c1-3-5-7-9-11-13-15-17-19-21-23-25-27-30-37(46)34-36(38(47)31-28-26-24-22-20-18-16-14-12-10-8-6-4-2)35-61-69(59,60-33-29-32-45)65-41-39(48)42(62-66(50,51)52)44(64-68(56,57)58)43(40(41)49)63-67(53,54)55/h36,39-44,48-49H,3-35,45H2,1-2H3,(H2,50,51,52)(H2,53,54,55)(H2,56,57,58)/t36-,39-,40-,41?,42-,43+,44?,69?/m0/s1. The van der Waals surface area contributed by atoms with Gasteiger partial charge in [0.1, 0.15) is 48.2 Å². The van der Waals surface area contributed by atoms with E-state index in [-0.39, 0.29) is 43.8 Å². The molecule has 0 amide bonds. The smallest absolute Gasteiger partial charge is 0.387 e. The number of aliphatic hydroxyl groups excluding tert-OH is 2. The van der Waals surface area contributed by atoms with Gasteiger partial charge in [-0.2, -0.15) is 0 Å². The first-order valence-corrected chi connectivity index (χ1v) is 31.5. The zero-order valence-electron chi connectivity index (χ0n) is 41.2. The molecule has 3 unspecified atom stereocenters. The zero-order valence-corrected chi connectivity index (χ0v) is 44.8. The molecule has 0 radical (unpaired) electrons. The lowest BCUT2D eigenvalue weighted by atomic mass is 9.85. The van der Waals surface area contributed by atoms with E-state index in [9.17, 15) is 67.4 Å². The van der Waals surface area contributed by atoms with Crippen molar-refractivity contribution in [3.8, 4) is 0 Å². The SMILES string of the molecule is CCCCCCCCCCCCCCCC(=O)C[C@@H](COP(=O)(OCCCN)OC1[C@H](O)[C@H](OP(=O)(O)O)C(OP(=O)(O)O)[C@H](OP(=O)(O)O)[C@H]1O)C(=O)CCCCCCCCCCCCCCC. The highest BCUT2D eigenvalue weighted by Gasteiger charge is 2.59. The second-order valence-corrected chi connectivity index (χ2v) is 23.5. The molecule has 8 atom stereocenters. The summed E-state index contributed by atoms with van der Waals surface area (Å²) >= 11 is 0. The maximum absolute atomic E-state index is 14.4. The number of hydrogen-bond acceptors (Lipinski definition) is 15. The van der Waals surface area contributed by atoms with Crippen LogP contribution in [0.4, 0.5) is 0 Å². The number of phosphoric acid groups is 4. The second-order valence-electron chi connectivity index (χ2n) is 18.3. The monoisotopic (exact) mass is 1080 g/mol. The third-order valence-corrected chi connectivity index (χ3v) is 15.1. The lowest BCUT2D eigenvalue weighted by molar-refractivity contribution is -0.210. The summed E-state index contributed by atoms with van der Waals surface area (Å²) in [6, 6.07) is 0. The van der Waals surface area contributed by atoms with Crippen molar-refractivity contribution in [3.05, 3.63) is 0 Å². The number of rotatable bonds is 46. The average molecular weight is 1080 g/mol. The summed E-state index contributed by atoms with van der Waals surface area (Å²) in [7, 11) is -22.5. The van der Waals surface area contributed by atoms with Gasteiger partial charge in [-0.3, -0.25) is 36.7 Å². The van der Waals surface area contributed by atoms with Gasteiger partial charge in [0, 0.05) is 25.2 Å². The van der Waals surface area contributed by atoms with Gasteiger partial charge in [-0.15, -0.1) is 0 Å². The second kappa shape index (κ2) is 37.4. The number of hydrogen-bond donors (Lipinski definition) is 9. The minimum Gasteiger partial charge on any atom is -0.387 e. The van der Waals surface area contributed by atoms with Crippen LogP contribution in [0.1, 0.15) is 206 Å². The van der Waals surface area contributed by atoms with Crippen molar-refractivity contribution in [2.75, 3.05) is 19.8 Å². The lowest BCUT2D eigenvalue weighted by Crippen LogP contribution is -2.65. The Morgan fingerprint density at radius 1 is 0.464 bits per heavy atom. The van der Waals surface area contributed by atoms with Gasteiger partial charge in [0.05, 0.1) is 13.2 Å². The molecule has 21 nitrogen and oxygen atoms in total. The number of unbranched alkanes of at least 4 members (excludes halogenated alkanes) is 24. The maximum Gasteiger partial charge on any atom is 0.475 e. The number of phosphoric ester groups is 4. The normalized spacial score (nSPS) is 21.6. The van der Waals surface area contributed by atoms with Crippen LogP contribution in [0.15, 0.2) is 0 Å². The van der Waals surface area contributed by atoms with E-state index in [1.807, 2.05) is 0 Å². The number of Topliss-reactive ketones (excluding diaryl/α,β-unsaturated/α-hetero) is 2. The quantitative estimate of drug-likeness (QED) is 0.0202. The fourth-order valence-corrected chi connectivity index (χ4v) is 11.4. The van der Waals surface area contributed by atoms with Crippen LogP contribution in [0, 0.1) is 5.92 Å². The molecule has 0 aliphatic heterocycles. The maximum atomic E-state index is 14.4. The summed E-state index contributed by atoms with van der Waals surface area (Å²) in [5, 5.41) is 22.5. The third kappa shape index (κ3) is 33.3. The van der Waals surface area contributed by atoms with E-state index >= 15 is 0 Å². The molecule has 0 bridgehead atoms. The summed E-state index contributed by atoms with van der Waals surface area (Å²) < 4.78 is 80.0. The van der Waals surface area contributed by atoms with E-state index < -0.39 is 87.0 Å². The Balaban J connectivity index is 3.16. The minimum absolute atomic E-state index is 0.0135. The Bertz CT molecular complexity index is 1520. The molecular weight excluding hydrogens is 986 g/mol. The molecule has 0 heterocycles. The van der Waals surface area contributed by atoms with Crippen molar-refractivity contribution in [1.82, 2.24) is 0 Å². The van der Waals surface area contributed by atoms with Crippen molar-refractivity contribution in [1.29, 1.82) is 0 Å². The predicted molar refractivity (Wildman–Crippen MR) is 260 cm³/mol. The molecule has 0 saturated heterocycles. The largest absolute Gasteiger partial charge is 0.475 e. The highest BCUT2D eigenvalue weighted by Crippen LogP contribution is 2.56. The van der Waals surface area contributed by atoms with E-state index in [0.717, 1.165) is 57.8 Å². The molecule has 1 fully saturated rings. The molecule has 1 aliphatic carbocycles. The molecule has 1 aliphatic rings. The minimum atomic E-state index is -5.77. The number of ketones is 2. The molecule has 1 rings (SSSR count). The predicted octanol–water partition coefficient (Wildman–Crippen LogP) is 9.14. The van der Waals surface area contributed by atoms with E-state index in [2.05, 4.69) is 27.4 Å². The van der Waals surface area contributed by atoms with Crippen LogP contribution < -0.4 is 5.73 Å². The Kier molecular flexibility index (Phi) is 36.1. The highest BCUT2D eigenvalue weighted by molar-refractivity contribution is 7.48. The van der Waals surface area contributed by atoms with Crippen LogP contribution in [0.25, 0.3) is 0 Å². The first-order valence-electron chi connectivity index (χ1n) is 25.5. The van der Waals surface area contributed by atoms with Gasteiger partial charge >= 0.3 is 31.3 Å². The first-order chi connectivity index (χ1) is 32.6. The number of aliphatic hydroxyl groups is 2. The van der Waals surface area contributed by atoms with Crippen molar-refractivity contribution in [3.63, 3.8) is 0 Å². The van der Waals surface area contributed by atoms with Gasteiger partial charge in [-0.25, -0.2) is 18.3 Å². The fraction of sp³-hybridized carbons (Fsp3) is 0.955. The Labute approximate surface area is 410 Å². The number of carbonyl (C=O) groups excluding carboxylic acids is 2. The van der Waals surface area contributed by atoms with Gasteiger partial charge in [-0.1, -0.05) is 168 Å². The molecule has 25 heteroatoms. The summed E-state index contributed by atoms with van der Waals surface area (Å²) in [5.41, 5.74) is 5.58. The molecule has 0 aromatic rings. The Morgan fingerprint density at radius 2 is 0.812 bits per heavy atom. The molecular formula is C44H89NO20P4. The van der Waals surface area contributed by atoms with Gasteiger partial charge in [0.25, 0.3) is 0 Å². The van der Waals surface area contributed by atoms with Crippen LogP contribution in [-0.2, 0) is 55.0 Å². The molecule has 410 valence electrons. The number of nitrogens with two attached hydrogens (primary N) is 1. The lowest BCUT2D eigenvalue weighted by Gasteiger charge is -2.46. The van der Waals surface area contributed by atoms with Crippen LogP contribution >= 0.6 is 31.3 Å². The van der Waals surface area contributed by atoms with E-state index in [1.54, 1.807) is 0 Å². The molecule has 0 aromatic carbocycles. The van der Waals surface area contributed by atoms with Gasteiger partial charge < -0.3 is 45.3 Å². The zero-order chi connectivity index (χ0) is 51.8. The molecule has 0 aromatic heterocycles. The van der Waals surface area contributed by atoms with Crippen LogP contribution in [-0.4, -0.2) is 108 Å². The molecule has 69 heavy (non-hydrogen) atoms. The van der Waals surface area contributed by atoms with Gasteiger partial charge in [-0.05, 0) is 25.8 Å². The van der Waals surface area contributed by atoms with Gasteiger partial charge in [0.2, 0.25) is 0 Å². The van der Waals surface area contributed by atoms with E-state index in [1.165, 1.54) is 96.3 Å². The van der Waals surface area contributed by atoms with Crippen LogP contribution in [0.5, 0.6) is 0 Å². The van der Waals surface area contributed by atoms with Crippen molar-refractivity contribution < 1.29 is 94.6 Å². The van der Waals surface area contributed by atoms with Crippen molar-refractivity contribution >= 4 is 42.9 Å². The fourth-order valence-electron chi connectivity index (χ4n) is 8.31. The van der Waals surface area contributed by atoms with Crippen LogP contribution in [0.2, 0.25) is 0 Å². The summed E-state index contributed by atoms with van der Waals surface area (Å²) in [5.74, 6) is -1.77. The highest BCUT2D eigenvalue weighted by atomic mass is 31.2. The Hall–Kier alpha value is -0.340. The topological polar surface area (TPSA) is 346 Å². The average Bonchev–Trinajstić information content (AvgIpc) is 3.26. The van der Waals surface area contributed by atoms with Gasteiger partial charge in [0.15, 0.2) is 0 Å². The third-order valence-electron chi connectivity index (χ3n) is 12.1. The van der Waals surface area contributed by atoms with E-state index in [4.69, 9.17) is 19.3 Å². The summed E-state index contributed by atoms with van der Waals surface area (Å²) in [6.45, 7) is 3.19.